The molecule has 1 rings (SSSR count). The molecule has 0 saturated carbocycles. The third kappa shape index (κ3) is 3.39. The largest absolute Gasteiger partial charge is 0.362 e. The van der Waals surface area contributed by atoms with Gasteiger partial charge < -0.3 is 16.4 Å². The summed E-state index contributed by atoms with van der Waals surface area (Å²) < 4.78 is 0. The molecule has 0 aromatic carbocycles. The van der Waals surface area contributed by atoms with Crippen LogP contribution < -0.4 is 16.4 Å². The number of amides is 1. The molecule has 6 heteroatoms. The number of nitrogens with one attached hydrogen (secondary N) is 2. The summed E-state index contributed by atoms with van der Waals surface area (Å²) in [5, 5.41) is 13.5. The minimum atomic E-state index is -0.249. The lowest BCUT2D eigenvalue weighted by atomic mass is 9.99. The number of anilines is 1. The van der Waals surface area contributed by atoms with Gasteiger partial charge in [-0.15, -0.1) is 10.2 Å². The van der Waals surface area contributed by atoms with Gasteiger partial charge >= 0.3 is 0 Å². The molecule has 0 fully saturated rings. The fourth-order valence-corrected chi connectivity index (χ4v) is 1.24. The van der Waals surface area contributed by atoms with Crippen LogP contribution in [0.15, 0.2) is 12.1 Å². The SMILES string of the molecule is CCC(C)(CN)Nc1ccc(C(=O)NC)nn1. The van der Waals surface area contributed by atoms with Crippen LogP contribution in [0.3, 0.4) is 0 Å². The summed E-state index contributed by atoms with van der Waals surface area (Å²) in [6.45, 7) is 4.57. The molecule has 4 N–H and O–H groups in total. The molecule has 1 amide bonds. The van der Waals surface area contributed by atoms with Gasteiger partial charge in [0.2, 0.25) is 0 Å². The van der Waals surface area contributed by atoms with E-state index < -0.39 is 0 Å². The highest BCUT2D eigenvalue weighted by Gasteiger charge is 2.20. The highest BCUT2D eigenvalue weighted by molar-refractivity contribution is 5.91. The maximum absolute atomic E-state index is 11.3. The smallest absolute Gasteiger partial charge is 0.271 e. The van der Waals surface area contributed by atoms with Crippen LogP contribution in [0.2, 0.25) is 0 Å². The molecule has 0 aliphatic heterocycles. The number of carbonyl (C=O) groups excluding carboxylic acids is 1. The van der Waals surface area contributed by atoms with E-state index in [0.717, 1.165) is 6.42 Å². The zero-order valence-electron chi connectivity index (χ0n) is 10.4. The molecule has 94 valence electrons. The first-order chi connectivity index (χ1) is 8.04. The maximum atomic E-state index is 11.3. The Labute approximate surface area is 101 Å². The van der Waals surface area contributed by atoms with Crippen LogP contribution in [0.1, 0.15) is 30.8 Å². The number of rotatable bonds is 5. The summed E-state index contributed by atoms with van der Waals surface area (Å²) in [4.78, 5) is 11.3. The molecule has 1 aromatic rings. The second kappa shape index (κ2) is 5.58. The monoisotopic (exact) mass is 237 g/mol. The summed E-state index contributed by atoms with van der Waals surface area (Å²) in [6, 6.07) is 3.35. The molecule has 0 aliphatic carbocycles. The summed E-state index contributed by atoms with van der Waals surface area (Å²) in [5.41, 5.74) is 5.78. The van der Waals surface area contributed by atoms with Crippen molar-refractivity contribution in [1.82, 2.24) is 15.5 Å². The Morgan fingerprint density at radius 3 is 2.59 bits per heavy atom. The van der Waals surface area contributed by atoms with Crippen molar-refractivity contribution >= 4 is 11.7 Å². The number of nitrogens with zero attached hydrogens (tertiary/aromatic N) is 2. The van der Waals surface area contributed by atoms with Crippen molar-refractivity contribution < 1.29 is 4.79 Å². The van der Waals surface area contributed by atoms with Crippen LogP contribution in [-0.2, 0) is 0 Å². The third-order valence-electron chi connectivity index (χ3n) is 2.78. The van der Waals surface area contributed by atoms with Crippen LogP contribution in [0.25, 0.3) is 0 Å². The van der Waals surface area contributed by atoms with E-state index in [2.05, 4.69) is 20.8 Å². The van der Waals surface area contributed by atoms with Gasteiger partial charge in [0, 0.05) is 19.1 Å². The minimum absolute atomic E-state index is 0.205. The lowest BCUT2D eigenvalue weighted by molar-refractivity contribution is 0.0957. The summed E-state index contributed by atoms with van der Waals surface area (Å²) in [6.07, 6.45) is 0.877. The van der Waals surface area contributed by atoms with Crippen molar-refractivity contribution in [3.05, 3.63) is 17.8 Å². The topological polar surface area (TPSA) is 92.9 Å². The highest BCUT2D eigenvalue weighted by atomic mass is 16.1. The normalized spacial score (nSPS) is 13.9. The van der Waals surface area contributed by atoms with Crippen LogP contribution in [0.4, 0.5) is 5.82 Å². The molecule has 0 saturated heterocycles. The lowest BCUT2D eigenvalue weighted by Gasteiger charge is -2.28. The van der Waals surface area contributed by atoms with Crippen molar-refractivity contribution in [1.29, 1.82) is 0 Å². The van der Waals surface area contributed by atoms with E-state index >= 15 is 0 Å². The Bertz CT molecular complexity index is 372. The second-order valence-corrected chi connectivity index (χ2v) is 4.13. The first kappa shape index (κ1) is 13.4. The van der Waals surface area contributed by atoms with Gasteiger partial charge in [-0.05, 0) is 25.5 Å². The lowest BCUT2D eigenvalue weighted by Crippen LogP contribution is -2.42. The van der Waals surface area contributed by atoms with Crippen LogP contribution >= 0.6 is 0 Å². The van der Waals surface area contributed by atoms with Crippen molar-refractivity contribution in [2.24, 2.45) is 5.73 Å². The third-order valence-corrected chi connectivity index (χ3v) is 2.78. The van der Waals surface area contributed by atoms with E-state index in [0.29, 0.717) is 18.1 Å². The Balaban J connectivity index is 2.78. The molecule has 0 bridgehead atoms. The highest BCUT2D eigenvalue weighted by Crippen LogP contribution is 2.14. The van der Waals surface area contributed by atoms with Crippen molar-refractivity contribution in [3.8, 4) is 0 Å². The number of carbonyl (C=O) groups is 1. The van der Waals surface area contributed by atoms with E-state index in [1.165, 1.54) is 0 Å². The second-order valence-electron chi connectivity index (χ2n) is 4.13. The van der Waals surface area contributed by atoms with E-state index in [4.69, 9.17) is 5.73 Å². The predicted octanol–water partition coefficient (Wildman–Crippen LogP) is 0.375. The molecular weight excluding hydrogens is 218 g/mol. The van der Waals surface area contributed by atoms with Crippen LogP contribution in [0.5, 0.6) is 0 Å². The molecule has 0 spiro atoms. The zero-order valence-corrected chi connectivity index (χ0v) is 10.4. The van der Waals surface area contributed by atoms with Gasteiger partial charge in [0.1, 0.15) is 5.82 Å². The van der Waals surface area contributed by atoms with Crippen LogP contribution in [0, 0.1) is 0 Å². The van der Waals surface area contributed by atoms with Crippen molar-refractivity contribution in [3.63, 3.8) is 0 Å². The van der Waals surface area contributed by atoms with Gasteiger partial charge in [-0.25, -0.2) is 0 Å². The average molecular weight is 237 g/mol. The van der Waals surface area contributed by atoms with Crippen molar-refractivity contribution in [2.75, 3.05) is 18.9 Å². The van der Waals surface area contributed by atoms with E-state index in [1.54, 1.807) is 19.2 Å². The first-order valence-corrected chi connectivity index (χ1v) is 5.58. The molecule has 0 radical (unpaired) electrons. The Morgan fingerprint density at radius 2 is 2.18 bits per heavy atom. The quantitative estimate of drug-likeness (QED) is 0.688. The van der Waals surface area contributed by atoms with Crippen molar-refractivity contribution in [2.45, 2.75) is 25.8 Å². The predicted molar refractivity (Wildman–Crippen MR) is 66.8 cm³/mol. The van der Waals surface area contributed by atoms with Gasteiger partial charge in [-0.3, -0.25) is 4.79 Å². The Morgan fingerprint density at radius 1 is 1.47 bits per heavy atom. The molecule has 17 heavy (non-hydrogen) atoms. The number of hydrogen-bond acceptors (Lipinski definition) is 5. The molecule has 6 nitrogen and oxygen atoms in total. The van der Waals surface area contributed by atoms with Gasteiger partial charge in [-0.1, -0.05) is 6.92 Å². The minimum Gasteiger partial charge on any atom is -0.362 e. The number of nitrogens with two attached hydrogens (primary N) is 1. The number of aromatic nitrogens is 2. The fraction of sp³-hybridized carbons (Fsp3) is 0.545. The Hall–Kier alpha value is -1.69. The molecule has 0 aliphatic rings. The van der Waals surface area contributed by atoms with E-state index in [9.17, 15) is 4.79 Å². The summed E-state index contributed by atoms with van der Waals surface area (Å²) in [7, 11) is 1.55. The zero-order chi connectivity index (χ0) is 12.9. The molecule has 1 heterocycles. The number of hydrogen-bond donors (Lipinski definition) is 3. The van der Waals surface area contributed by atoms with Crippen LogP contribution in [-0.4, -0.2) is 35.2 Å². The standard InChI is InChI=1S/C11H19N5O/c1-4-11(2,7-12)14-9-6-5-8(15-16-9)10(17)13-3/h5-6H,4,7,12H2,1-3H3,(H,13,17)(H,14,16). The summed E-state index contributed by atoms with van der Waals surface area (Å²) in [5.74, 6) is 0.369. The molecule has 1 aromatic heterocycles. The van der Waals surface area contributed by atoms with Gasteiger partial charge in [0.25, 0.3) is 5.91 Å². The van der Waals surface area contributed by atoms with E-state index in [1.807, 2.05) is 13.8 Å². The molecule has 1 unspecified atom stereocenters. The Kier molecular flexibility index (Phi) is 4.39. The fourth-order valence-electron chi connectivity index (χ4n) is 1.24. The average Bonchev–Trinajstić information content (AvgIpc) is 2.38. The van der Waals surface area contributed by atoms with Gasteiger partial charge in [0.05, 0.1) is 0 Å². The van der Waals surface area contributed by atoms with Gasteiger partial charge in [-0.2, -0.15) is 0 Å². The van der Waals surface area contributed by atoms with E-state index in [-0.39, 0.29) is 11.4 Å². The maximum Gasteiger partial charge on any atom is 0.271 e. The molecular formula is C11H19N5O. The van der Waals surface area contributed by atoms with Gasteiger partial charge in [0.15, 0.2) is 5.69 Å². The summed E-state index contributed by atoms with van der Waals surface area (Å²) >= 11 is 0. The molecule has 1 atom stereocenters. The first-order valence-electron chi connectivity index (χ1n) is 5.58.